The lowest BCUT2D eigenvalue weighted by atomic mass is 9.98. The van der Waals surface area contributed by atoms with E-state index in [0.717, 1.165) is 5.56 Å². The van der Waals surface area contributed by atoms with Gasteiger partial charge < -0.3 is 19.7 Å². The Kier molecular flexibility index (Phi) is 8.25. The van der Waals surface area contributed by atoms with E-state index in [-0.39, 0.29) is 23.6 Å². The second-order valence-electron chi connectivity index (χ2n) is 8.78. The van der Waals surface area contributed by atoms with Gasteiger partial charge in [0.15, 0.2) is 0 Å². The topological polar surface area (TPSA) is 105 Å². The van der Waals surface area contributed by atoms with Gasteiger partial charge in [-0.15, -0.1) is 0 Å². The fourth-order valence-corrected chi connectivity index (χ4v) is 6.40. The predicted molar refractivity (Wildman–Crippen MR) is 136 cm³/mol. The van der Waals surface area contributed by atoms with Crippen molar-refractivity contribution in [1.82, 2.24) is 10.2 Å². The van der Waals surface area contributed by atoms with Gasteiger partial charge in [0, 0.05) is 24.2 Å². The molecule has 1 fully saturated rings. The molecule has 2 aromatic rings. The summed E-state index contributed by atoms with van der Waals surface area (Å²) >= 11 is 5.96. The number of piperidine rings is 1. The Balaban J connectivity index is 1.41. The highest BCUT2D eigenvalue weighted by atomic mass is 35.5. The lowest BCUT2D eigenvalue weighted by molar-refractivity contribution is 0.0925. The molecule has 4 rings (SSSR count). The number of ether oxygens (including phenoxy) is 2. The number of hydrogen-bond donors (Lipinski definition) is 1. The summed E-state index contributed by atoms with van der Waals surface area (Å²) in [6, 6.07) is 12.7. The molecule has 2 aromatic carbocycles. The van der Waals surface area contributed by atoms with Crippen molar-refractivity contribution in [3.8, 4) is 0 Å². The number of likely N-dealkylation sites (tertiary alicyclic amines) is 1. The first-order valence-electron chi connectivity index (χ1n) is 12.0. The maximum absolute atomic E-state index is 13.6. The molecule has 2 aliphatic rings. The van der Waals surface area contributed by atoms with Crippen LogP contribution in [0.1, 0.15) is 31.7 Å². The highest BCUT2D eigenvalue weighted by molar-refractivity contribution is 7.92. The molecule has 9 nitrogen and oxygen atoms in total. The molecule has 0 aromatic heterocycles. The Morgan fingerprint density at radius 2 is 1.72 bits per heavy atom. The maximum Gasteiger partial charge on any atom is 0.409 e. The van der Waals surface area contributed by atoms with E-state index in [2.05, 4.69) is 5.32 Å². The number of aryl methyl sites for hydroxylation is 1. The number of fused-ring (bicyclic) bond motifs is 1. The molecule has 2 heterocycles. The van der Waals surface area contributed by atoms with Gasteiger partial charge in [0.2, 0.25) is 0 Å². The fourth-order valence-electron chi connectivity index (χ4n) is 4.57. The molecule has 0 bridgehead atoms. The Labute approximate surface area is 216 Å². The second-order valence-corrected chi connectivity index (χ2v) is 11.0. The van der Waals surface area contributed by atoms with Crippen molar-refractivity contribution in [1.29, 1.82) is 0 Å². The van der Waals surface area contributed by atoms with Crippen molar-refractivity contribution in [3.05, 3.63) is 59.1 Å². The first-order chi connectivity index (χ1) is 17.3. The smallest absolute Gasteiger partial charge is 0.409 e. The van der Waals surface area contributed by atoms with Crippen molar-refractivity contribution < 1.29 is 27.5 Å². The Bertz CT molecular complexity index is 1180. The van der Waals surface area contributed by atoms with Crippen LogP contribution in [0, 0.1) is 0 Å². The molecule has 2 aliphatic heterocycles. The number of nitrogens with one attached hydrogen (secondary N) is 1. The third-order valence-electron chi connectivity index (χ3n) is 6.43. The van der Waals surface area contributed by atoms with Gasteiger partial charge in [-0.3, -0.25) is 4.31 Å². The maximum atomic E-state index is 13.6. The standard InChI is InChI=1S/C25H30ClN3O6S/c1-2-34-25(31)28-15-13-20(14-16-28)27-24(30)35-17-21-10-7-18-5-3-4-6-23(18)29(21)36(32,33)22-11-8-19(26)9-12-22/h3-6,8-9,11-12,20-21H,2,7,10,13-17H2,1H3,(H,27,30). The summed E-state index contributed by atoms with van der Waals surface area (Å²) < 4.78 is 39.2. The van der Waals surface area contributed by atoms with E-state index in [1.165, 1.54) is 28.6 Å². The van der Waals surface area contributed by atoms with E-state index < -0.39 is 22.2 Å². The molecule has 1 unspecified atom stereocenters. The summed E-state index contributed by atoms with van der Waals surface area (Å²) in [5.41, 5.74) is 1.50. The number of alkyl carbamates (subject to hydrolysis) is 1. The molecule has 1 atom stereocenters. The van der Waals surface area contributed by atoms with Crippen molar-refractivity contribution in [2.24, 2.45) is 0 Å². The average Bonchev–Trinajstić information content (AvgIpc) is 2.87. The molecule has 1 N–H and O–H groups in total. The summed E-state index contributed by atoms with van der Waals surface area (Å²) in [7, 11) is -3.92. The summed E-state index contributed by atoms with van der Waals surface area (Å²) in [5, 5.41) is 3.28. The number of nitrogens with zero attached hydrogens (tertiary/aromatic N) is 2. The van der Waals surface area contributed by atoms with Crippen LogP contribution in [0.3, 0.4) is 0 Å². The highest BCUT2D eigenvalue weighted by Crippen LogP contribution is 2.35. The first kappa shape index (κ1) is 26.1. The van der Waals surface area contributed by atoms with Gasteiger partial charge in [0.25, 0.3) is 10.0 Å². The van der Waals surface area contributed by atoms with E-state index in [1.807, 2.05) is 12.1 Å². The molecule has 0 spiro atoms. The molecule has 2 amide bonds. The van der Waals surface area contributed by atoms with E-state index in [0.29, 0.717) is 56.1 Å². The average molecular weight is 536 g/mol. The largest absolute Gasteiger partial charge is 0.450 e. The predicted octanol–water partition coefficient (Wildman–Crippen LogP) is 4.20. The van der Waals surface area contributed by atoms with E-state index >= 15 is 0 Å². The zero-order valence-electron chi connectivity index (χ0n) is 20.1. The van der Waals surface area contributed by atoms with Crippen molar-refractivity contribution in [2.75, 3.05) is 30.6 Å². The number of amides is 2. The minimum absolute atomic E-state index is 0.0886. The number of carbonyl (C=O) groups excluding carboxylic acids is 2. The zero-order valence-corrected chi connectivity index (χ0v) is 21.6. The summed E-state index contributed by atoms with van der Waals surface area (Å²) in [5.74, 6) is 0. The third-order valence-corrected chi connectivity index (χ3v) is 8.56. The van der Waals surface area contributed by atoms with Crippen LogP contribution >= 0.6 is 11.6 Å². The first-order valence-corrected chi connectivity index (χ1v) is 13.8. The van der Waals surface area contributed by atoms with Gasteiger partial charge >= 0.3 is 12.2 Å². The number of benzene rings is 2. The summed E-state index contributed by atoms with van der Waals surface area (Å²) in [4.78, 5) is 26.1. The van der Waals surface area contributed by atoms with Crippen LogP contribution in [0.5, 0.6) is 0 Å². The monoisotopic (exact) mass is 535 g/mol. The van der Waals surface area contributed by atoms with Crippen LogP contribution < -0.4 is 9.62 Å². The van der Waals surface area contributed by atoms with Gasteiger partial charge in [0.1, 0.15) is 6.61 Å². The van der Waals surface area contributed by atoms with Gasteiger partial charge in [-0.25, -0.2) is 18.0 Å². The summed E-state index contributed by atoms with van der Waals surface area (Å²) in [6.45, 7) is 2.95. The Hall–Kier alpha value is -2.98. The zero-order chi connectivity index (χ0) is 25.7. The summed E-state index contributed by atoms with van der Waals surface area (Å²) in [6.07, 6.45) is 1.40. The van der Waals surface area contributed by atoms with Crippen LogP contribution in [-0.2, 0) is 25.9 Å². The van der Waals surface area contributed by atoms with Crippen molar-refractivity contribution in [3.63, 3.8) is 0 Å². The molecule has 11 heteroatoms. The van der Waals surface area contributed by atoms with Crippen LogP contribution in [0.2, 0.25) is 5.02 Å². The van der Waals surface area contributed by atoms with Crippen LogP contribution in [0.4, 0.5) is 15.3 Å². The van der Waals surface area contributed by atoms with E-state index in [4.69, 9.17) is 21.1 Å². The highest BCUT2D eigenvalue weighted by Gasteiger charge is 2.37. The molecule has 194 valence electrons. The number of hydrogen-bond acceptors (Lipinski definition) is 6. The SMILES string of the molecule is CCOC(=O)N1CCC(NC(=O)OCC2CCc3ccccc3N2S(=O)(=O)c2ccc(Cl)cc2)CC1. The Morgan fingerprint density at radius 1 is 1.03 bits per heavy atom. The lowest BCUT2D eigenvalue weighted by Crippen LogP contribution is -2.49. The van der Waals surface area contributed by atoms with E-state index in [9.17, 15) is 18.0 Å². The molecule has 0 aliphatic carbocycles. The lowest BCUT2D eigenvalue weighted by Gasteiger charge is -2.37. The molecule has 36 heavy (non-hydrogen) atoms. The second kappa shape index (κ2) is 11.4. The minimum Gasteiger partial charge on any atom is -0.450 e. The van der Waals surface area contributed by atoms with E-state index in [1.54, 1.807) is 24.0 Å². The number of sulfonamides is 1. The van der Waals surface area contributed by atoms with Gasteiger partial charge in [0.05, 0.1) is 23.2 Å². The number of carbonyl (C=O) groups is 2. The third kappa shape index (κ3) is 5.87. The van der Waals surface area contributed by atoms with Crippen LogP contribution in [0.15, 0.2) is 53.4 Å². The van der Waals surface area contributed by atoms with Crippen LogP contribution in [0.25, 0.3) is 0 Å². The normalized spacial score (nSPS) is 18.3. The van der Waals surface area contributed by atoms with Crippen LogP contribution in [-0.4, -0.2) is 63.9 Å². The number of halogens is 1. The van der Waals surface area contributed by atoms with Crippen molar-refractivity contribution in [2.45, 2.75) is 49.6 Å². The number of para-hydroxylation sites is 1. The van der Waals surface area contributed by atoms with Crippen molar-refractivity contribution >= 4 is 39.5 Å². The Morgan fingerprint density at radius 3 is 2.42 bits per heavy atom. The minimum atomic E-state index is -3.92. The fraction of sp³-hybridized carbons (Fsp3) is 0.440. The van der Waals surface area contributed by atoms with Gasteiger partial charge in [-0.1, -0.05) is 29.8 Å². The number of anilines is 1. The molecule has 0 radical (unpaired) electrons. The molecule has 1 saturated heterocycles. The van der Waals surface area contributed by atoms with Gasteiger partial charge in [-0.05, 0) is 68.5 Å². The molecular formula is C25H30ClN3O6S. The number of rotatable bonds is 6. The molecule has 0 saturated carbocycles. The van der Waals surface area contributed by atoms with Gasteiger partial charge in [-0.2, -0.15) is 0 Å². The quantitative estimate of drug-likeness (QED) is 0.594. The molecular weight excluding hydrogens is 506 g/mol.